The average molecular weight is 211 g/mol. The minimum atomic E-state index is 0.617. The lowest BCUT2D eigenvalue weighted by Gasteiger charge is -2.41. The third-order valence-corrected chi connectivity index (χ3v) is 4.79. The van der Waals surface area contributed by atoms with E-state index in [0.29, 0.717) is 5.41 Å². The fourth-order valence-electron chi connectivity index (χ4n) is 3.77. The van der Waals surface area contributed by atoms with E-state index in [1.165, 1.54) is 44.9 Å². The van der Waals surface area contributed by atoms with Gasteiger partial charge in [-0.25, -0.2) is 0 Å². The van der Waals surface area contributed by atoms with Crippen LogP contribution in [0.4, 0.5) is 0 Å². The number of hydrogen-bond acceptors (Lipinski definition) is 1. The monoisotopic (exact) mass is 211 g/mol. The number of nitrogens with one attached hydrogen (secondary N) is 1. The molecule has 1 rings (SSSR count). The Labute approximate surface area is 96.0 Å². The fraction of sp³-hybridized carbons (Fsp3) is 1.00. The highest BCUT2D eigenvalue weighted by Crippen LogP contribution is 2.46. The standard InChI is InChI=1S/C14H29N/c1-5-12(6-2)13(15-4)14(7-3)10-8-9-11-14/h12-13,15H,5-11H2,1-4H3. The zero-order valence-electron chi connectivity index (χ0n) is 11.1. The van der Waals surface area contributed by atoms with Crippen LogP contribution in [0.2, 0.25) is 0 Å². The van der Waals surface area contributed by atoms with Crippen LogP contribution in [0.15, 0.2) is 0 Å². The Bertz CT molecular complexity index is 166. The molecule has 0 saturated heterocycles. The van der Waals surface area contributed by atoms with Gasteiger partial charge in [0, 0.05) is 6.04 Å². The highest BCUT2D eigenvalue weighted by atomic mass is 14.9. The van der Waals surface area contributed by atoms with Gasteiger partial charge in [-0.1, -0.05) is 46.5 Å². The van der Waals surface area contributed by atoms with Crippen molar-refractivity contribution in [1.29, 1.82) is 0 Å². The summed E-state index contributed by atoms with van der Waals surface area (Å²) in [6, 6.07) is 0.750. The molecule has 90 valence electrons. The summed E-state index contributed by atoms with van der Waals surface area (Å²) < 4.78 is 0. The second-order valence-corrected chi connectivity index (χ2v) is 5.27. The highest BCUT2D eigenvalue weighted by molar-refractivity contribution is 4.96. The first kappa shape index (κ1) is 13.0. The van der Waals surface area contributed by atoms with Crippen molar-refractivity contribution in [2.45, 2.75) is 71.8 Å². The van der Waals surface area contributed by atoms with E-state index in [4.69, 9.17) is 0 Å². The Balaban J connectivity index is 2.77. The van der Waals surface area contributed by atoms with Gasteiger partial charge in [-0.2, -0.15) is 0 Å². The van der Waals surface area contributed by atoms with E-state index >= 15 is 0 Å². The van der Waals surface area contributed by atoms with E-state index in [1.54, 1.807) is 0 Å². The molecule has 1 unspecified atom stereocenters. The molecule has 1 fully saturated rings. The Morgan fingerprint density at radius 3 is 1.93 bits per heavy atom. The first-order valence-electron chi connectivity index (χ1n) is 6.91. The minimum absolute atomic E-state index is 0.617. The van der Waals surface area contributed by atoms with Crippen LogP contribution in [0.5, 0.6) is 0 Å². The predicted molar refractivity (Wildman–Crippen MR) is 68.1 cm³/mol. The zero-order valence-corrected chi connectivity index (χ0v) is 11.1. The summed E-state index contributed by atoms with van der Waals surface area (Å²) in [5.74, 6) is 0.869. The molecule has 1 saturated carbocycles. The lowest BCUT2D eigenvalue weighted by atomic mass is 9.70. The molecule has 0 aliphatic heterocycles. The summed E-state index contributed by atoms with van der Waals surface area (Å²) >= 11 is 0. The molecule has 0 heterocycles. The van der Waals surface area contributed by atoms with Crippen LogP contribution >= 0.6 is 0 Å². The van der Waals surface area contributed by atoms with Crippen LogP contribution < -0.4 is 5.32 Å². The Kier molecular flexibility index (Phi) is 5.11. The second kappa shape index (κ2) is 5.89. The lowest BCUT2D eigenvalue weighted by Crippen LogP contribution is -2.46. The molecule has 1 aliphatic carbocycles. The molecular formula is C14H29N. The summed E-state index contributed by atoms with van der Waals surface area (Å²) in [7, 11) is 2.17. The van der Waals surface area contributed by atoms with Gasteiger partial charge in [0.2, 0.25) is 0 Å². The smallest absolute Gasteiger partial charge is 0.0148 e. The number of rotatable bonds is 6. The topological polar surface area (TPSA) is 12.0 Å². The lowest BCUT2D eigenvalue weighted by molar-refractivity contribution is 0.133. The van der Waals surface area contributed by atoms with Crippen molar-refractivity contribution >= 4 is 0 Å². The highest BCUT2D eigenvalue weighted by Gasteiger charge is 2.41. The summed E-state index contributed by atoms with van der Waals surface area (Å²) in [5, 5.41) is 3.64. The van der Waals surface area contributed by atoms with E-state index in [9.17, 15) is 0 Å². The Morgan fingerprint density at radius 1 is 1.07 bits per heavy atom. The van der Waals surface area contributed by atoms with Crippen LogP contribution in [-0.4, -0.2) is 13.1 Å². The van der Waals surface area contributed by atoms with Gasteiger partial charge in [0.1, 0.15) is 0 Å². The molecule has 1 heteroatoms. The zero-order chi connectivity index (χ0) is 11.3. The van der Waals surface area contributed by atoms with E-state index in [2.05, 4.69) is 33.1 Å². The van der Waals surface area contributed by atoms with Crippen molar-refractivity contribution in [2.75, 3.05) is 7.05 Å². The molecule has 0 spiro atoms. The molecule has 0 bridgehead atoms. The molecule has 1 aliphatic rings. The van der Waals surface area contributed by atoms with Gasteiger partial charge in [0.15, 0.2) is 0 Å². The second-order valence-electron chi connectivity index (χ2n) is 5.27. The van der Waals surface area contributed by atoms with Gasteiger partial charge >= 0.3 is 0 Å². The molecule has 0 radical (unpaired) electrons. The van der Waals surface area contributed by atoms with Crippen LogP contribution in [0.25, 0.3) is 0 Å². The summed E-state index contributed by atoms with van der Waals surface area (Å²) in [6.45, 7) is 7.08. The van der Waals surface area contributed by atoms with Gasteiger partial charge in [0.25, 0.3) is 0 Å². The quantitative estimate of drug-likeness (QED) is 0.700. The first-order valence-corrected chi connectivity index (χ1v) is 6.91. The summed E-state index contributed by atoms with van der Waals surface area (Å²) in [4.78, 5) is 0. The molecule has 0 amide bonds. The summed E-state index contributed by atoms with van der Waals surface area (Å²) in [6.07, 6.45) is 9.80. The van der Waals surface area contributed by atoms with Crippen molar-refractivity contribution in [1.82, 2.24) is 5.32 Å². The van der Waals surface area contributed by atoms with Crippen molar-refractivity contribution in [3.8, 4) is 0 Å². The molecule has 0 aromatic carbocycles. The largest absolute Gasteiger partial charge is 0.316 e. The Hall–Kier alpha value is -0.0400. The summed E-state index contributed by atoms with van der Waals surface area (Å²) in [5.41, 5.74) is 0.617. The van der Waals surface area contributed by atoms with Gasteiger partial charge in [-0.3, -0.25) is 0 Å². The van der Waals surface area contributed by atoms with Gasteiger partial charge in [-0.05, 0) is 37.6 Å². The fourth-order valence-corrected chi connectivity index (χ4v) is 3.77. The van der Waals surface area contributed by atoms with Gasteiger partial charge in [-0.15, -0.1) is 0 Å². The van der Waals surface area contributed by atoms with Crippen LogP contribution in [0.1, 0.15) is 65.7 Å². The maximum atomic E-state index is 3.64. The van der Waals surface area contributed by atoms with E-state index in [0.717, 1.165) is 12.0 Å². The molecule has 15 heavy (non-hydrogen) atoms. The normalized spacial score (nSPS) is 22.2. The van der Waals surface area contributed by atoms with Crippen LogP contribution in [-0.2, 0) is 0 Å². The molecular weight excluding hydrogens is 182 g/mol. The molecule has 0 aromatic heterocycles. The van der Waals surface area contributed by atoms with Crippen molar-refractivity contribution in [3.05, 3.63) is 0 Å². The third kappa shape index (κ3) is 2.55. The molecule has 1 atom stereocenters. The van der Waals surface area contributed by atoms with Crippen LogP contribution in [0, 0.1) is 11.3 Å². The Morgan fingerprint density at radius 2 is 1.60 bits per heavy atom. The van der Waals surface area contributed by atoms with E-state index < -0.39 is 0 Å². The van der Waals surface area contributed by atoms with Crippen molar-refractivity contribution in [3.63, 3.8) is 0 Å². The molecule has 1 nitrogen and oxygen atoms in total. The maximum absolute atomic E-state index is 3.64. The first-order chi connectivity index (χ1) is 7.24. The SMILES string of the molecule is CCC(CC)C(NC)C1(CC)CCCC1. The van der Waals surface area contributed by atoms with E-state index in [1.807, 2.05) is 0 Å². The maximum Gasteiger partial charge on any atom is 0.0148 e. The minimum Gasteiger partial charge on any atom is -0.316 e. The average Bonchev–Trinajstić information content (AvgIpc) is 2.75. The van der Waals surface area contributed by atoms with Gasteiger partial charge in [0.05, 0.1) is 0 Å². The third-order valence-electron chi connectivity index (χ3n) is 4.79. The molecule has 1 N–H and O–H groups in total. The van der Waals surface area contributed by atoms with E-state index in [-0.39, 0.29) is 0 Å². The molecule has 0 aromatic rings. The van der Waals surface area contributed by atoms with Crippen LogP contribution in [0.3, 0.4) is 0 Å². The van der Waals surface area contributed by atoms with Crippen molar-refractivity contribution < 1.29 is 0 Å². The van der Waals surface area contributed by atoms with Crippen molar-refractivity contribution in [2.24, 2.45) is 11.3 Å². The number of hydrogen-bond donors (Lipinski definition) is 1. The predicted octanol–water partition coefficient (Wildman–Crippen LogP) is 3.98. The van der Waals surface area contributed by atoms with Gasteiger partial charge < -0.3 is 5.32 Å².